The molecule has 0 aliphatic carbocycles. The van der Waals surface area contributed by atoms with Gasteiger partial charge in [0.1, 0.15) is 0 Å². The molecule has 2 N–H and O–H groups in total. The fraction of sp³-hybridized carbons (Fsp3) is 0.562. The van der Waals surface area contributed by atoms with Gasteiger partial charge in [-0.3, -0.25) is 9.69 Å². The van der Waals surface area contributed by atoms with E-state index in [1.165, 1.54) is 0 Å². The summed E-state index contributed by atoms with van der Waals surface area (Å²) in [4.78, 5) is 14.4. The van der Waals surface area contributed by atoms with Crippen molar-refractivity contribution in [1.29, 1.82) is 0 Å². The van der Waals surface area contributed by atoms with Gasteiger partial charge in [-0.25, -0.2) is 0 Å². The Balaban J connectivity index is 0.00000242. The topological polar surface area (TPSA) is 53.6 Å². The molecule has 1 saturated heterocycles. The molecule has 1 aliphatic rings. The van der Waals surface area contributed by atoms with Crippen LogP contribution >= 0.6 is 24.8 Å². The third kappa shape index (κ3) is 7.99. The van der Waals surface area contributed by atoms with Crippen molar-refractivity contribution < 1.29 is 9.53 Å². The smallest absolute Gasteiger partial charge is 0.221 e. The number of rotatable bonds is 7. The van der Waals surface area contributed by atoms with Crippen molar-refractivity contribution in [3.8, 4) is 0 Å². The van der Waals surface area contributed by atoms with Crippen molar-refractivity contribution in [3.63, 3.8) is 0 Å². The number of nitrogens with zero attached hydrogens (tertiary/aromatic N) is 1. The number of carbonyl (C=O) groups is 1. The highest BCUT2D eigenvalue weighted by molar-refractivity contribution is 5.85. The Morgan fingerprint density at radius 2 is 1.87 bits per heavy atom. The van der Waals surface area contributed by atoms with Crippen LogP contribution in [0.1, 0.15) is 18.0 Å². The van der Waals surface area contributed by atoms with Crippen LogP contribution in [-0.2, 0) is 9.53 Å². The SMILES string of the molecule is CNCCC(=O)NC(CN1CCOCC1)c1ccccc1.Cl.Cl. The number of hydrogen-bond donors (Lipinski definition) is 2. The summed E-state index contributed by atoms with van der Waals surface area (Å²) < 4.78 is 5.38. The fourth-order valence-electron chi connectivity index (χ4n) is 2.47. The minimum atomic E-state index is 0. The maximum atomic E-state index is 12.0. The summed E-state index contributed by atoms with van der Waals surface area (Å²) in [5, 5.41) is 6.16. The molecule has 0 saturated carbocycles. The number of morpholine rings is 1. The molecule has 1 atom stereocenters. The van der Waals surface area contributed by atoms with E-state index in [1.54, 1.807) is 0 Å². The van der Waals surface area contributed by atoms with Gasteiger partial charge < -0.3 is 15.4 Å². The molecule has 1 fully saturated rings. The predicted octanol–water partition coefficient (Wildman–Crippen LogP) is 1.63. The number of ether oxygens (including phenoxy) is 1. The zero-order valence-corrected chi connectivity index (χ0v) is 15.1. The molecule has 23 heavy (non-hydrogen) atoms. The highest BCUT2D eigenvalue weighted by atomic mass is 35.5. The molecule has 1 heterocycles. The molecule has 7 heteroatoms. The second-order valence-corrected chi connectivity index (χ2v) is 5.30. The minimum absolute atomic E-state index is 0. The molecule has 0 aromatic heterocycles. The first-order chi connectivity index (χ1) is 10.3. The van der Waals surface area contributed by atoms with Crippen LogP contribution in [-0.4, -0.2) is 57.2 Å². The molecular weight excluding hydrogens is 337 g/mol. The quantitative estimate of drug-likeness (QED) is 0.772. The second kappa shape index (κ2) is 12.6. The maximum Gasteiger partial charge on any atom is 0.221 e. The molecule has 1 aromatic carbocycles. The van der Waals surface area contributed by atoms with Crippen LogP contribution in [0.5, 0.6) is 0 Å². The normalized spacial score (nSPS) is 15.9. The van der Waals surface area contributed by atoms with Crippen molar-refractivity contribution in [3.05, 3.63) is 35.9 Å². The molecular formula is C16H27Cl2N3O2. The van der Waals surface area contributed by atoms with Crippen LogP contribution in [0, 0.1) is 0 Å². The number of carbonyl (C=O) groups excluding carboxylic acids is 1. The third-order valence-electron chi connectivity index (χ3n) is 3.68. The number of amides is 1. The molecule has 1 aliphatic heterocycles. The molecule has 0 spiro atoms. The van der Waals surface area contributed by atoms with Crippen LogP contribution in [0.2, 0.25) is 0 Å². The van der Waals surface area contributed by atoms with Crippen molar-refractivity contribution >= 4 is 30.7 Å². The number of nitrogens with one attached hydrogen (secondary N) is 2. The summed E-state index contributed by atoms with van der Waals surface area (Å²) >= 11 is 0. The Morgan fingerprint density at radius 1 is 1.22 bits per heavy atom. The van der Waals surface area contributed by atoms with E-state index in [0.717, 1.165) is 38.4 Å². The van der Waals surface area contributed by atoms with E-state index < -0.39 is 0 Å². The molecule has 5 nitrogen and oxygen atoms in total. The van der Waals surface area contributed by atoms with Gasteiger partial charge in [0, 0.05) is 32.6 Å². The van der Waals surface area contributed by atoms with Crippen LogP contribution in [0.3, 0.4) is 0 Å². The Kier molecular flexibility index (Phi) is 12.1. The van der Waals surface area contributed by atoms with Gasteiger partial charge in [-0.1, -0.05) is 30.3 Å². The summed E-state index contributed by atoms with van der Waals surface area (Å²) in [6.45, 7) is 4.93. The molecule has 0 bridgehead atoms. The van der Waals surface area contributed by atoms with Crippen LogP contribution in [0.25, 0.3) is 0 Å². The van der Waals surface area contributed by atoms with Gasteiger partial charge in [0.25, 0.3) is 0 Å². The van der Waals surface area contributed by atoms with E-state index in [0.29, 0.717) is 13.0 Å². The number of halogens is 2. The molecule has 1 aromatic rings. The predicted molar refractivity (Wildman–Crippen MR) is 97.6 cm³/mol. The molecule has 2 rings (SSSR count). The van der Waals surface area contributed by atoms with Gasteiger partial charge in [0.15, 0.2) is 0 Å². The van der Waals surface area contributed by atoms with Gasteiger partial charge in [-0.2, -0.15) is 0 Å². The Hall–Kier alpha value is -0.850. The van der Waals surface area contributed by atoms with Crippen LogP contribution < -0.4 is 10.6 Å². The number of hydrogen-bond acceptors (Lipinski definition) is 4. The fourth-order valence-corrected chi connectivity index (χ4v) is 2.47. The first-order valence-electron chi connectivity index (χ1n) is 7.58. The maximum absolute atomic E-state index is 12.0. The summed E-state index contributed by atoms with van der Waals surface area (Å²) in [5.74, 6) is 0.0893. The van der Waals surface area contributed by atoms with Gasteiger partial charge in [-0.05, 0) is 12.6 Å². The van der Waals surface area contributed by atoms with Crippen molar-refractivity contribution in [1.82, 2.24) is 15.5 Å². The summed E-state index contributed by atoms with van der Waals surface area (Å²) in [6, 6.07) is 10.2. The van der Waals surface area contributed by atoms with Crippen LogP contribution in [0.4, 0.5) is 0 Å². The van der Waals surface area contributed by atoms with Crippen LogP contribution in [0.15, 0.2) is 30.3 Å². The zero-order chi connectivity index (χ0) is 14.9. The van der Waals surface area contributed by atoms with E-state index in [1.807, 2.05) is 25.2 Å². The van der Waals surface area contributed by atoms with E-state index in [-0.39, 0.29) is 36.8 Å². The standard InChI is InChI=1S/C16H25N3O2.2ClH/c1-17-8-7-16(20)18-15(14-5-3-2-4-6-14)13-19-9-11-21-12-10-19;;/h2-6,15,17H,7-13H2,1H3,(H,18,20);2*1H. The highest BCUT2D eigenvalue weighted by Crippen LogP contribution is 2.15. The lowest BCUT2D eigenvalue weighted by Gasteiger charge is -2.31. The first kappa shape index (κ1) is 22.1. The van der Waals surface area contributed by atoms with Gasteiger partial charge in [-0.15, -0.1) is 24.8 Å². The van der Waals surface area contributed by atoms with Crippen molar-refractivity contribution in [2.45, 2.75) is 12.5 Å². The molecule has 0 radical (unpaired) electrons. The first-order valence-corrected chi connectivity index (χ1v) is 7.58. The lowest BCUT2D eigenvalue weighted by atomic mass is 10.1. The van der Waals surface area contributed by atoms with E-state index in [2.05, 4.69) is 27.7 Å². The molecule has 1 unspecified atom stereocenters. The molecule has 132 valence electrons. The Morgan fingerprint density at radius 3 is 2.48 bits per heavy atom. The van der Waals surface area contributed by atoms with E-state index in [9.17, 15) is 4.79 Å². The average molecular weight is 364 g/mol. The average Bonchev–Trinajstić information content (AvgIpc) is 2.54. The summed E-state index contributed by atoms with van der Waals surface area (Å²) in [5.41, 5.74) is 1.15. The van der Waals surface area contributed by atoms with Crippen molar-refractivity contribution in [2.75, 3.05) is 46.4 Å². The lowest BCUT2D eigenvalue weighted by molar-refractivity contribution is -0.122. The monoisotopic (exact) mass is 363 g/mol. The van der Waals surface area contributed by atoms with Gasteiger partial charge in [0.2, 0.25) is 5.91 Å². The summed E-state index contributed by atoms with van der Waals surface area (Å²) in [7, 11) is 1.86. The third-order valence-corrected chi connectivity index (χ3v) is 3.68. The second-order valence-electron chi connectivity index (χ2n) is 5.30. The Labute approximate surface area is 151 Å². The minimum Gasteiger partial charge on any atom is -0.379 e. The Bertz CT molecular complexity index is 429. The number of benzene rings is 1. The molecule has 1 amide bonds. The van der Waals surface area contributed by atoms with Crippen molar-refractivity contribution in [2.24, 2.45) is 0 Å². The highest BCUT2D eigenvalue weighted by Gasteiger charge is 2.19. The van der Waals surface area contributed by atoms with Gasteiger partial charge >= 0.3 is 0 Å². The largest absolute Gasteiger partial charge is 0.379 e. The lowest BCUT2D eigenvalue weighted by Crippen LogP contribution is -2.43. The zero-order valence-electron chi connectivity index (χ0n) is 13.5. The van der Waals surface area contributed by atoms with E-state index in [4.69, 9.17) is 4.74 Å². The summed E-state index contributed by atoms with van der Waals surface area (Å²) in [6.07, 6.45) is 0.503. The van der Waals surface area contributed by atoms with E-state index >= 15 is 0 Å². The van der Waals surface area contributed by atoms with Gasteiger partial charge in [0.05, 0.1) is 19.3 Å².